The molecule has 0 aliphatic carbocycles. The van der Waals surface area contributed by atoms with Gasteiger partial charge in [-0.25, -0.2) is 0 Å². The maximum Gasteiger partial charge on any atom is 0.261 e. The van der Waals surface area contributed by atoms with Crippen molar-refractivity contribution >= 4 is 17.2 Å². The fourth-order valence-electron chi connectivity index (χ4n) is 1.13. The summed E-state index contributed by atoms with van der Waals surface area (Å²) in [6, 6.07) is 3.80. The van der Waals surface area contributed by atoms with E-state index in [-0.39, 0.29) is 11.9 Å². The highest BCUT2D eigenvalue weighted by molar-refractivity contribution is 7.12. The predicted molar refractivity (Wildman–Crippen MR) is 57.7 cm³/mol. The molecular formula is C10H15NO2S. The van der Waals surface area contributed by atoms with Gasteiger partial charge in [0.1, 0.15) is 0 Å². The van der Waals surface area contributed by atoms with Gasteiger partial charge in [0.25, 0.3) is 5.91 Å². The van der Waals surface area contributed by atoms with E-state index in [1.807, 2.05) is 24.4 Å². The number of carbonyl (C=O) groups is 1. The summed E-state index contributed by atoms with van der Waals surface area (Å²) in [4.78, 5) is 12.3. The lowest BCUT2D eigenvalue weighted by Gasteiger charge is -2.14. The minimum absolute atomic E-state index is 0.0103. The van der Waals surface area contributed by atoms with Crippen LogP contribution < -0.4 is 5.32 Å². The smallest absolute Gasteiger partial charge is 0.261 e. The van der Waals surface area contributed by atoms with Crippen LogP contribution in [0, 0.1) is 0 Å². The molecule has 1 amide bonds. The van der Waals surface area contributed by atoms with Crippen LogP contribution in [0.5, 0.6) is 0 Å². The van der Waals surface area contributed by atoms with E-state index in [2.05, 4.69) is 5.32 Å². The summed E-state index contributed by atoms with van der Waals surface area (Å²) in [5.41, 5.74) is 0. The summed E-state index contributed by atoms with van der Waals surface area (Å²) in [5, 5.41) is 4.81. The summed E-state index contributed by atoms with van der Waals surface area (Å²) in [7, 11) is 1.64. The molecule has 0 aromatic carbocycles. The Labute approximate surface area is 88.1 Å². The predicted octanol–water partition coefficient (Wildman–Crippen LogP) is 1.90. The third-order valence-corrected chi connectivity index (χ3v) is 2.81. The van der Waals surface area contributed by atoms with Gasteiger partial charge in [0.2, 0.25) is 0 Å². The summed E-state index contributed by atoms with van der Waals surface area (Å²) in [6.07, 6.45) is 0.880. The van der Waals surface area contributed by atoms with Crippen molar-refractivity contribution in [1.29, 1.82) is 0 Å². The maximum atomic E-state index is 11.6. The van der Waals surface area contributed by atoms with Crippen molar-refractivity contribution in [2.75, 3.05) is 13.7 Å². The highest BCUT2D eigenvalue weighted by Gasteiger charge is 2.11. The molecule has 78 valence electrons. The van der Waals surface area contributed by atoms with E-state index in [0.717, 1.165) is 11.3 Å². The number of amides is 1. The number of methoxy groups -OCH3 is 1. The molecule has 0 aliphatic rings. The topological polar surface area (TPSA) is 38.3 Å². The van der Waals surface area contributed by atoms with Gasteiger partial charge in [0, 0.05) is 7.11 Å². The molecule has 0 aliphatic heterocycles. The van der Waals surface area contributed by atoms with Crippen molar-refractivity contribution in [3.05, 3.63) is 22.4 Å². The van der Waals surface area contributed by atoms with Crippen LogP contribution in [0.2, 0.25) is 0 Å². The zero-order chi connectivity index (χ0) is 10.4. The largest absolute Gasteiger partial charge is 0.383 e. The second-order valence-corrected chi connectivity index (χ2v) is 3.96. The zero-order valence-corrected chi connectivity index (χ0v) is 9.26. The van der Waals surface area contributed by atoms with Gasteiger partial charge in [-0.15, -0.1) is 11.3 Å². The van der Waals surface area contributed by atoms with Crippen LogP contribution in [0.3, 0.4) is 0 Å². The third-order valence-electron chi connectivity index (χ3n) is 1.94. The number of thiophene rings is 1. The number of ether oxygens (including phenoxy) is 1. The van der Waals surface area contributed by atoms with Crippen LogP contribution in [0.25, 0.3) is 0 Å². The number of hydrogen-bond acceptors (Lipinski definition) is 3. The van der Waals surface area contributed by atoms with E-state index in [1.165, 1.54) is 11.3 Å². The summed E-state index contributed by atoms with van der Waals surface area (Å²) in [6.45, 7) is 2.59. The van der Waals surface area contributed by atoms with Gasteiger partial charge in [-0.1, -0.05) is 13.0 Å². The monoisotopic (exact) mass is 213 g/mol. The van der Waals surface area contributed by atoms with Gasteiger partial charge in [-0.05, 0) is 17.9 Å². The molecule has 1 N–H and O–H groups in total. The minimum Gasteiger partial charge on any atom is -0.383 e. The quantitative estimate of drug-likeness (QED) is 0.811. The van der Waals surface area contributed by atoms with Crippen molar-refractivity contribution < 1.29 is 9.53 Å². The Morgan fingerprint density at radius 2 is 2.50 bits per heavy atom. The number of hydrogen-bond donors (Lipinski definition) is 1. The van der Waals surface area contributed by atoms with Gasteiger partial charge in [-0.2, -0.15) is 0 Å². The molecule has 0 saturated heterocycles. The third kappa shape index (κ3) is 3.12. The van der Waals surface area contributed by atoms with Gasteiger partial charge < -0.3 is 10.1 Å². The van der Waals surface area contributed by atoms with Gasteiger partial charge in [0.15, 0.2) is 0 Å². The van der Waals surface area contributed by atoms with Crippen molar-refractivity contribution in [2.45, 2.75) is 19.4 Å². The van der Waals surface area contributed by atoms with E-state index in [9.17, 15) is 4.79 Å². The van der Waals surface area contributed by atoms with Crippen LogP contribution in [-0.4, -0.2) is 25.7 Å². The highest BCUT2D eigenvalue weighted by Crippen LogP contribution is 2.08. The molecule has 0 radical (unpaired) electrons. The van der Waals surface area contributed by atoms with Crippen molar-refractivity contribution in [1.82, 2.24) is 5.32 Å². The lowest BCUT2D eigenvalue weighted by molar-refractivity contribution is 0.0898. The standard InChI is InChI=1S/C10H15NO2S/c1-3-8(7-13-2)11-10(12)9-5-4-6-14-9/h4-6,8H,3,7H2,1-2H3,(H,11,12). The van der Waals surface area contributed by atoms with Crippen molar-refractivity contribution in [2.24, 2.45) is 0 Å². The van der Waals surface area contributed by atoms with Gasteiger partial charge >= 0.3 is 0 Å². The fourth-order valence-corrected chi connectivity index (χ4v) is 1.75. The first-order chi connectivity index (χ1) is 6.77. The first kappa shape index (κ1) is 11.2. The SMILES string of the molecule is CCC(COC)NC(=O)c1cccs1. The molecular weight excluding hydrogens is 198 g/mol. The molecule has 0 spiro atoms. The molecule has 0 saturated carbocycles. The molecule has 1 unspecified atom stereocenters. The Hall–Kier alpha value is -0.870. The maximum absolute atomic E-state index is 11.6. The normalized spacial score (nSPS) is 12.4. The van der Waals surface area contributed by atoms with E-state index in [1.54, 1.807) is 7.11 Å². The molecule has 1 atom stereocenters. The number of nitrogens with one attached hydrogen (secondary N) is 1. The second kappa shape index (κ2) is 5.78. The molecule has 1 heterocycles. The summed E-state index contributed by atoms with van der Waals surface area (Å²) < 4.78 is 5.00. The fraction of sp³-hybridized carbons (Fsp3) is 0.500. The van der Waals surface area contributed by atoms with Gasteiger partial charge in [-0.3, -0.25) is 4.79 Å². The lowest BCUT2D eigenvalue weighted by atomic mass is 10.2. The van der Waals surface area contributed by atoms with Gasteiger partial charge in [0.05, 0.1) is 17.5 Å². The minimum atomic E-state index is -0.0103. The average molecular weight is 213 g/mol. The summed E-state index contributed by atoms with van der Waals surface area (Å²) >= 11 is 1.45. The number of carbonyl (C=O) groups excluding carboxylic acids is 1. The lowest BCUT2D eigenvalue weighted by Crippen LogP contribution is -2.37. The van der Waals surface area contributed by atoms with Crippen LogP contribution in [0.15, 0.2) is 17.5 Å². The molecule has 1 rings (SSSR count). The molecule has 0 fully saturated rings. The second-order valence-electron chi connectivity index (χ2n) is 3.01. The van der Waals surface area contributed by atoms with Crippen LogP contribution in [0.1, 0.15) is 23.0 Å². The summed E-state index contributed by atoms with van der Waals surface area (Å²) in [5.74, 6) is -0.0103. The van der Waals surface area contributed by atoms with Crippen LogP contribution in [0.4, 0.5) is 0 Å². The van der Waals surface area contributed by atoms with Crippen LogP contribution in [-0.2, 0) is 4.74 Å². The Bertz CT molecular complexity index is 272. The Balaban J connectivity index is 2.47. The molecule has 4 heteroatoms. The Kier molecular flexibility index (Phi) is 4.62. The van der Waals surface area contributed by atoms with E-state index < -0.39 is 0 Å². The first-order valence-electron chi connectivity index (χ1n) is 4.61. The first-order valence-corrected chi connectivity index (χ1v) is 5.49. The van der Waals surface area contributed by atoms with E-state index >= 15 is 0 Å². The molecule has 3 nitrogen and oxygen atoms in total. The number of rotatable bonds is 5. The average Bonchev–Trinajstić information content (AvgIpc) is 2.69. The molecule has 0 bridgehead atoms. The van der Waals surface area contributed by atoms with E-state index in [0.29, 0.717) is 6.61 Å². The van der Waals surface area contributed by atoms with Crippen LogP contribution >= 0.6 is 11.3 Å². The molecule has 14 heavy (non-hydrogen) atoms. The van der Waals surface area contributed by atoms with E-state index in [4.69, 9.17) is 4.74 Å². The Morgan fingerprint density at radius 1 is 1.71 bits per heavy atom. The molecule has 1 aromatic rings. The Morgan fingerprint density at radius 3 is 3.00 bits per heavy atom. The van der Waals surface area contributed by atoms with Crippen molar-refractivity contribution in [3.8, 4) is 0 Å². The van der Waals surface area contributed by atoms with Crippen molar-refractivity contribution in [3.63, 3.8) is 0 Å². The highest BCUT2D eigenvalue weighted by atomic mass is 32.1. The zero-order valence-electron chi connectivity index (χ0n) is 8.45. The molecule has 1 aromatic heterocycles.